The van der Waals surface area contributed by atoms with Gasteiger partial charge in [0.2, 0.25) is 0 Å². The number of nitrogens with zero attached hydrogens (tertiary/aromatic N) is 2. The number of hydrogen-bond acceptors (Lipinski definition) is 5. The zero-order valence-corrected chi connectivity index (χ0v) is 12.0. The number of carbonyl (C=O) groups excluding carboxylic acids is 1. The van der Waals surface area contributed by atoms with Crippen molar-refractivity contribution in [3.63, 3.8) is 0 Å². The highest BCUT2D eigenvalue weighted by Crippen LogP contribution is 2.23. The Morgan fingerprint density at radius 3 is 3.00 bits per heavy atom. The molecule has 1 saturated heterocycles. The first-order valence-corrected chi connectivity index (χ1v) is 6.51. The molecule has 0 aromatic carbocycles. The first kappa shape index (κ1) is 14.7. The zero-order chi connectivity index (χ0) is 14.8. The molecule has 0 saturated carbocycles. The van der Waals surface area contributed by atoms with Gasteiger partial charge in [-0.3, -0.25) is 9.78 Å². The van der Waals surface area contributed by atoms with Crippen LogP contribution in [0.1, 0.15) is 24.2 Å². The van der Waals surface area contributed by atoms with Gasteiger partial charge in [0.15, 0.2) is 0 Å². The average molecular weight is 280 g/mol. The average Bonchev–Trinajstić information content (AvgIpc) is 2.36. The number of pyridine rings is 1. The van der Waals surface area contributed by atoms with Crippen molar-refractivity contribution in [1.82, 2.24) is 9.88 Å². The Hall–Kier alpha value is -1.66. The number of aromatic hydroxyl groups is 1. The summed E-state index contributed by atoms with van der Waals surface area (Å²) in [5.41, 5.74) is -0.0553. The standard InChI is InChI=1S/C14H20N2O4/c1-14(2)9-16(7-12(20-14)8-19-3)13(18)10-4-11(17)6-15-5-10/h4-6,12,17H,7-9H2,1-3H3/t12-/m1/s1. The van der Waals surface area contributed by atoms with Gasteiger partial charge in [0.1, 0.15) is 5.75 Å². The molecular formula is C14H20N2O4. The van der Waals surface area contributed by atoms with Crippen LogP contribution in [0.25, 0.3) is 0 Å². The van der Waals surface area contributed by atoms with Gasteiger partial charge < -0.3 is 19.5 Å². The quantitative estimate of drug-likeness (QED) is 0.896. The summed E-state index contributed by atoms with van der Waals surface area (Å²) in [7, 11) is 1.61. The highest BCUT2D eigenvalue weighted by atomic mass is 16.5. The maximum atomic E-state index is 12.5. The van der Waals surface area contributed by atoms with Crippen LogP contribution in [-0.4, -0.2) is 59.4 Å². The van der Waals surface area contributed by atoms with Crippen LogP contribution in [0.3, 0.4) is 0 Å². The van der Waals surface area contributed by atoms with E-state index in [1.807, 2.05) is 13.8 Å². The first-order valence-electron chi connectivity index (χ1n) is 6.51. The topological polar surface area (TPSA) is 71.9 Å². The Labute approximate surface area is 118 Å². The van der Waals surface area contributed by atoms with Gasteiger partial charge in [-0.25, -0.2) is 0 Å². The lowest BCUT2D eigenvalue weighted by Gasteiger charge is -2.42. The molecule has 1 aliphatic rings. The summed E-state index contributed by atoms with van der Waals surface area (Å²) >= 11 is 0. The SMILES string of the molecule is COC[C@H]1CN(C(=O)c2cncc(O)c2)CC(C)(C)O1. The second-order valence-corrected chi connectivity index (χ2v) is 5.57. The van der Waals surface area contributed by atoms with E-state index in [2.05, 4.69) is 4.98 Å². The molecule has 1 fully saturated rings. The third-order valence-electron chi connectivity index (χ3n) is 3.09. The van der Waals surface area contributed by atoms with Crippen LogP contribution in [0.15, 0.2) is 18.5 Å². The molecule has 110 valence electrons. The molecule has 0 aliphatic carbocycles. The number of hydrogen-bond donors (Lipinski definition) is 1. The van der Waals surface area contributed by atoms with E-state index in [0.717, 1.165) is 0 Å². The van der Waals surface area contributed by atoms with Crippen LogP contribution in [-0.2, 0) is 9.47 Å². The van der Waals surface area contributed by atoms with Crippen LogP contribution in [0, 0.1) is 0 Å². The Bertz CT molecular complexity index is 490. The molecule has 20 heavy (non-hydrogen) atoms. The molecule has 2 rings (SSSR count). The Morgan fingerprint density at radius 2 is 2.35 bits per heavy atom. The van der Waals surface area contributed by atoms with Gasteiger partial charge >= 0.3 is 0 Å². The Balaban J connectivity index is 2.16. The molecule has 1 atom stereocenters. The van der Waals surface area contributed by atoms with E-state index in [4.69, 9.17) is 9.47 Å². The van der Waals surface area contributed by atoms with Crippen LogP contribution >= 0.6 is 0 Å². The largest absolute Gasteiger partial charge is 0.506 e. The van der Waals surface area contributed by atoms with Crippen molar-refractivity contribution < 1.29 is 19.4 Å². The van der Waals surface area contributed by atoms with E-state index in [-0.39, 0.29) is 17.8 Å². The summed E-state index contributed by atoms with van der Waals surface area (Å²) in [6.07, 6.45) is 2.60. The number of ether oxygens (including phenoxy) is 2. The fraction of sp³-hybridized carbons (Fsp3) is 0.571. The highest BCUT2D eigenvalue weighted by Gasteiger charge is 2.36. The van der Waals surface area contributed by atoms with E-state index in [9.17, 15) is 9.90 Å². The lowest BCUT2D eigenvalue weighted by atomic mass is 10.0. The summed E-state index contributed by atoms with van der Waals surface area (Å²) < 4.78 is 11.0. The van der Waals surface area contributed by atoms with Gasteiger partial charge in [0.05, 0.1) is 30.1 Å². The van der Waals surface area contributed by atoms with Gasteiger partial charge in [-0.15, -0.1) is 0 Å². The third-order valence-corrected chi connectivity index (χ3v) is 3.09. The highest BCUT2D eigenvalue weighted by molar-refractivity contribution is 5.94. The smallest absolute Gasteiger partial charge is 0.255 e. The minimum absolute atomic E-state index is 0.0168. The molecule has 0 bridgehead atoms. The molecule has 2 heterocycles. The maximum Gasteiger partial charge on any atom is 0.255 e. The maximum absolute atomic E-state index is 12.5. The van der Waals surface area contributed by atoms with Gasteiger partial charge in [0, 0.05) is 26.4 Å². The van der Waals surface area contributed by atoms with Crippen molar-refractivity contribution in [2.75, 3.05) is 26.8 Å². The fourth-order valence-electron chi connectivity index (χ4n) is 2.45. The van der Waals surface area contributed by atoms with Gasteiger partial charge in [0.25, 0.3) is 5.91 Å². The molecular weight excluding hydrogens is 260 g/mol. The van der Waals surface area contributed by atoms with E-state index < -0.39 is 5.60 Å². The summed E-state index contributed by atoms with van der Waals surface area (Å²) in [4.78, 5) is 18.0. The van der Waals surface area contributed by atoms with Gasteiger partial charge in [-0.2, -0.15) is 0 Å². The van der Waals surface area contributed by atoms with Crippen molar-refractivity contribution in [2.45, 2.75) is 25.6 Å². The molecule has 1 aromatic heterocycles. The molecule has 1 aliphatic heterocycles. The van der Waals surface area contributed by atoms with Crippen molar-refractivity contribution in [3.05, 3.63) is 24.0 Å². The van der Waals surface area contributed by atoms with Crippen LogP contribution in [0.2, 0.25) is 0 Å². The number of methoxy groups -OCH3 is 1. The Kier molecular flexibility index (Phi) is 4.25. The van der Waals surface area contributed by atoms with Crippen LogP contribution < -0.4 is 0 Å². The fourth-order valence-corrected chi connectivity index (χ4v) is 2.45. The number of aromatic nitrogens is 1. The lowest BCUT2D eigenvalue weighted by molar-refractivity contribution is -0.143. The lowest BCUT2D eigenvalue weighted by Crippen LogP contribution is -2.55. The molecule has 1 amide bonds. The first-order chi connectivity index (χ1) is 9.41. The summed E-state index contributed by atoms with van der Waals surface area (Å²) in [5, 5.41) is 9.42. The number of carbonyl (C=O) groups is 1. The number of morpholine rings is 1. The van der Waals surface area contributed by atoms with E-state index >= 15 is 0 Å². The van der Waals surface area contributed by atoms with Crippen molar-refractivity contribution in [3.8, 4) is 5.75 Å². The molecule has 0 radical (unpaired) electrons. The van der Waals surface area contributed by atoms with E-state index in [1.54, 1.807) is 12.0 Å². The zero-order valence-electron chi connectivity index (χ0n) is 12.0. The Morgan fingerprint density at radius 1 is 1.60 bits per heavy atom. The third kappa shape index (κ3) is 3.46. The molecule has 0 unspecified atom stereocenters. The second kappa shape index (κ2) is 5.76. The molecule has 6 nitrogen and oxygen atoms in total. The molecule has 1 N–H and O–H groups in total. The van der Waals surface area contributed by atoms with Crippen molar-refractivity contribution >= 4 is 5.91 Å². The number of rotatable bonds is 3. The summed E-state index contributed by atoms with van der Waals surface area (Å²) in [6, 6.07) is 1.42. The van der Waals surface area contributed by atoms with Crippen LogP contribution in [0.5, 0.6) is 5.75 Å². The molecule has 0 spiro atoms. The minimum atomic E-state index is -0.429. The van der Waals surface area contributed by atoms with Crippen molar-refractivity contribution in [2.24, 2.45) is 0 Å². The summed E-state index contributed by atoms with van der Waals surface area (Å²) in [5.74, 6) is -0.178. The number of amides is 1. The summed E-state index contributed by atoms with van der Waals surface area (Å²) in [6.45, 7) is 5.27. The normalized spacial score (nSPS) is 21.8. The van der Waals surface area contributed by atoms with Gasteiger partial charge in [-0.1, -0.05) is 0 Å². The van der Waals surface area contributed by atoms with Gasteiger partial charge in [-0.05, 0) is 19.9 Å². The predicted octanol–water partition coefficient (Wildman–Crippen LogP) is 1.05. The van der Waals surface area contributed by atoms with Crippen molar-refractivity contribution in [1.29, 1.82) is 0 Å². The van der Waals surface area contributed by atoms with E-state index in [1.165, 1.54) is 18.5 Å². The predicted molar refractivity (Wildman–Crippen MR) is 72.6 cm³/mol. The molecule has 6 heteroatoms. The molecule has 1 aromatic rings. The second-order valence-electron chi connectivity index (χ2n) is 5.57. The monoisotopic (exact) mass is 280 g/mol. The van der Waals surface area contributed by atoms with Crippen LogP contribution in [0.4, 0.5) is 0 Å². The van der Waals surface area contributed by atoms with E-state index in [0.29, 0.717) is 25.3 Å². The minimum Gasteiger partial charge on any atom is -0.506 e.